The van der Waals surface area contributed by atoms with E-state index in [1.165, 1.54) is 0 Å². The Hall–Kier alpha value is -3.15. The number of hydrogen-bond acceptors (Lipinski definition) is 3. The van der Waals surface area contributed by atoms with Crippen molar-refractivity contribution in [3.8, 4) is 0 Å². The Morgan fingerprint density at radius 3 is 2.31 bits per heavy atom. The molecule has 1 heterocycles. The van der Waals surface area contributed by atoms with Crippen molar-refractivity contribution in [2.24, 2.45) is 0 Å². The largest absolute Gasteiger partial charge is 0.341 e. The summed E-state index contributed by atoms with van der Waals surface area (Å²) < 4.78 is 0. The highest BCUT2D eigenvalue weighted by molar-refractivity contribution is 6.39. The Kier molecular flexibility index (Phi) is 5.31. The van der Waals surface area contributed by atoms with Gasteiger partial charge in [0.1, 0.15) is 0 Å². The molecule has 0 spiro atoms. The van der Waals surface area contributed by atoms with Crippen LogP contribution < -0.4 is 15.5 Å². The average molecular weight is 351 g/mol. The molecule has 0 aliphatic carbocycles. The lowest BCUT2D eigenvalue weighted by Gasteiger charge is -2.16. The van der Waals surface area contributed by atoms with Crippen LogP contribution in [0.1, 0.15) is 31.4 Å². The van der Waals surface area contributed by atoms with Crippen LogP contribution in [0.5, 0.6) is 0 Å². The zero-order valence-corrected chi connectivity index (χ0v) is 14.6. The molecule has 1 aliphatic heterocycles. The van der Waals surface area contributed by atoms with E-state index in [4.69, 9.17) is 0 Å². The zero-order chi connectivity index (χ0) is 18.5. The van der Waals surface area contributed by atoms with Gasteiger partial charge < -0.3 is 15.5 Å². The lowest BCUT2D eigenvalue weighted by Crippen LogP contribution is -2.36. The molecule has 6 nitrogen and oxygen atoms in total. The minimum Gasteiger partial charge on any atom is -0.341 e. The quantitative estimate of drug-likeness (QED) is 0.831. The number of benzene rings is 2. The molecule has 2 aromatic rings. The summed E-state index contributed by atoms with van der Waals surface area (Å²) >= 11 is 0. The second-order valence-corrected chi connectivity index (χ2v) is 6.26. The maximum atomic E-state index is 12.1. The van der Waals surface area contributed by atoms with Crippen LogP contribution in [0.2, 0.25) is 0 Å². The van der Waals surface area contributed by atoms with E-state index >= 15 is 0 Å². The molecule has 6 heteroatoms. The summed E-state index contributed by atoms with van der Waals surface area (Å²) in [4.78, 5) is 37.6. The fraction of sp³-hybridized carbons (Fsp3) is 0.250. The minimum absolute atomic E-state index is 0.107. The number of rotatable bonds is 4. The molecule has 3 amide bonds. The van der Waals surface area contributed by atoms with Crippen molar-refractivity contribution in [2.75, 3.05) is 16.8 Å². The van der Waals surface area contributed by atoms with Gasteiger partial charge in [-0.2, -0.15) is 0 Å². The van der Waals surface area contributed by atoms with E-state index in [2.05, 4.69) is 10.6 Å². The monoisotopic (exact) mass is 351 g/mol. The molecule has 1 atom stereocenters. The maximum Gasteiger partial charge on any atom is 0.313 e. The van der Waals surface area contributed by atoms with E-state index in [1.54, 1.807) is 29.2 Å². The molecular weight excluding hydrogens is 330 g/mol. The second-order valence-electron chi connectivity index (χ2n) is 6.26. The molecule has 0 radical (unpaired) electrons. The molecule has 0 aromatic heterocycles. The van der Waals surface area contributed by atoms with Crippen LogP contribution in [-0.4, -0.2) is 24.3 Å². The molecule has 3 rings (SSSR count). The van der Waals surface area contributed by atoms with Gasteiger partial charge in [-0.1, -0.05) is 30.3 Å². The average Bonchev–Trinajstić information content (AvgIpc) is 3.09. The van der Waals surface area contributed by atoms with Gasteiger partial charge in [0.25, 0.3) is 0 Å². The van der Waals surface area contributed by atoms with Crippen molar-refractivity contribution in [1.29, 1.82) is 0 Å². The van der Waals surface area contributed by atoms with Gasteiger partial charge in [-0.15, -0.1) is 0 Å². The molecule has 26 heavy (non-hydrogen) atoms. The van der Waals surface area contributed by atoms with E-state index in [0.29, 0.717) is 18.7 Å². The molecular formula is C20H21N3O3. The highest BCUT2D eigenvalue weighted by atomic mass is 16.2. The van der Waals surface area contributed by atoms with Gasteiger partial charge in [0.2, 0.25) is 5.91 Å². The van der Waals surface area contributed by atoms with Gasteiger partial charge >= 0.3 is 11.8 Å². The lowest BCUT2D eigenvalue weighted by atomic mass is 10.1. The first-order valence-electron chi connectivity index (χ1n) is 8.62. The van der Waals surface area contributed by atoms with Crippen molar-refractivity contribution < 1.29 is 14.4 Å². The van der Waals surface area contributed by atoms with Crippen LogP contribution in [0.15, 0.2) is 54.6 Å². The zero-order valence-electron chi connectivity index (χ0n) is 14.6. The Labute approximate surface area is 152 Å². The van der Waals surface area contributed by atoms with Crippen LogP contribution >= 0.6 is 0 Å². The fourth-order valence-electron chi connectivity index (χ4n) is 2.92. The van der Waals surface area contributed by atoms with Crippen molar-refractivity contribution >= 4 is 29.1 Å². The summed E-state index contributed by atoms with van der Waals surface area (Å²) in [6.45, 7) is 2.53. The normalized spacial score (nSPS) is 14.8. The molecule has 134 valence electrons. The third-order valence-electron chi connectivity index (χ3n) is 4.36. The number of anilines is 2. The number of amides is 3. The first-order valence-corrected chi connectivity index (χ1v) is 8.62. The summed E-state index contributed by atoms with van der Waals surface area (Å²) in [5, 5.41) is 5.25. The number of hydrogen-bond donors (Lipinski definition) is 2. The van der Waals surface area contributed by atoms with E-state index < -0.39 is 11.8 Å². The number of nitrogens with zero attached hydrogens (tertiary/aromatic N) is 1. The molecule has 1 fully saturated rings. The Morgan fingerprint density at radius 2 is 1.69 bits per heavy atom. The van der Waals surface area contributed by atoms with Crippen molar-refractivity contribution in [2.45, 2.75) is 25.8 Å². The maximum absolute atomic E-state index is 12.1. The fourth-order valence-corrected chi connectivity index (χ4v) is 2.92. The lowest BCUT2D eigenvalue weighted by molar-refractivity contribution is -0.136. The van der Waals surface area contributed by atoms with Crippen LogP contribution in [-0.2, 0) is 14.4 Å². The highest BCUT2D eigenvalue weighted by Gasteiger charge is 2.22. The predicted molar refractivity (Wildman–Crippen MR) is 99.7 cm³/mol. The first-order chi connectivity index (χ1) is 12.5. The Morgan fingerprint density at radius 1 is 1.00 bits per heavy atom. The van der Waals surface area contributed by atoms with Gasteiger partial charge in [-0.05, 0) is 43.2 Å². The van der Waals surface area contributed by atoms with Gasteiger partial charge in [0.15, 0.2) is 0 Å². The smallest absolute Gasteiger partial charge is 0.313 e. The van der Waals surface area contributed by atoms with Crippen LogP contribution in [0, 0.1) is 0 Å². The summed E-state index contributed by atoms with van der Waals surface area (Å²) in [5.41, 5.74) is 2.23. The Bertz CT molecular complexity index is 803. The highest BCUT2D eigenvalue weighted by Crippen LogP contribution is 2.23. The van der Waals surface area contributed by atoms with Gasteiger partial charge in [0.05, 0.1) is 6.04 Å². The Balaban J connectivity index is 1.57. The van der Waals surface area contributed by atoms with E-state index in [-0.39, 0.29) is 11.9 Å². The molecule has 1 unspecified atom stereocenters. The third-order valence-corrected chi connectivity index (χ3v) is 4.36. The number of carbonyl (C=O) groups excluding carboxylic acids is 3. The SMILES string of the molecule is CC(NC(=O)C(=O)Nc1ccc(N2CCCC2=O)cc1)c1ccccc1. The van der Waals surface area contributed by atoms with Crippen LogP contribution in [0.3, 0.4) is 0 Å². The van der Waals surface area contributed by atoms with Crippen LogP contribution in [0.25, 0.3) is 0 Å². The topological polar surface area (TPSA) is 78.5 Å². The summed E-state index contributed by atoms with van der Waals surface area (Å²) in [6.07, 6.45) is 1.43. The minimum atomic E-state index is -0.724. The second kappa shape index (κ2) is 7.82. The van der Waals surface area contributed by atoms with Crippen molar-refractivity contribution in [1.82, 2.24) is 5.32 Å². The standard InChI is InChI=1S/C20H21N3O3/c1-14(15-6-3-2-4-7-15)21-19(25)20(26)22-16-9-11-17(12-10-16)23-13-5-8-18(23)24/h2-4,6-7,9-12,14H,5,8,13H2,1H3,(H,21,25)(H,22,26). The van der Waals surface area contributed by atoms with Crippen molar-refractivity contribution in [3.63, 3.8) is 0 Å². The van der Waals surface area contributed by atoms with Gasteiger partial charge in [-0.25, -0.2) is 0 Å². The summed E-state index contributed by atoms with van der Waals surface area (Å²) in [6, 6.07) is 16.1. The molecule has 2 N–H and O–H groups in total. The van der Waals surface area contributed by atoms with Gasteiger partial charge in [0, 0.05) is 24.3 Å². The third kappa shape index (κ3) is 4.08. The van der Waals surface area contributed by atoms with E-state index in [9.17, 15) is 14.4 Å². The van der Waals surface area contributed by atoms with Gasteiger partial charge in [-0.3, -0.25) is 14.4 Å². The summed E-state index contributed by atoms with van der Waals surface area (Å²) in [5.74, 6) is -1.31. The molecule has 0 saturated carbocycles. The predicted octanol–water partition coefficient (Wildman–Crippen LogP) is 2.63. The van der Waals surface area contributed by atoms with E-state index in [0.717, 1.165) is 17.7 Å². The number of nitrogens with one attached hydrogen (secondary N) is 2. The number of carbonyl (C=O) groups is 3. The molecule has 1 saturated heterocycles. The van der Waals surface area contributed by atoms with Crippen LogP contribution in [0.4, 0.5) is 11.4 Å². The first kappa shape index (κ1) is 17.7. The molecule has 0 bridgehead atoms. The summed E-state index contributed by atoms with van der Waals surface area (Å²) in [7, 11) is 0. The van der Waals surface area contributed by atoms with Crippen molar-refractivity contribution in [3.05, 3.63) is 60.2 Å². The molecule has 1 aliphatic rings. The van der Waals surface area contributed by atoms with E-state index in [1.807, 2.05) is 37.3 Å². The molecule has 2 aromatic carbocycles.